The van der Waals surface area contributed by atoms with Gasteiger partial charge in [-0.2, -0.15) is 19.7 Å². The van der Waals surface area contributed by atoms with E-state index in [9.17, 15) is 13.6 Å². The lowest BCUT2D eigenvalue weighted by Crippen LogP contribution is -2.32. The van der Waals surface area contributed by atoms with Crippen LogP contribution in [0.25, 0.3) is 17.0 Å². The van der Waals surface area contributed by atoms with Gasteiger partial charge in [0.05, 0.1) is 31.1 Å². The second-order valence-electron chi connectivity index (χ2n) is 8.47. The Morgan fingerprint density at radius 2 is 1.77 bits per heavy atom. The molecule has 0 aliphatic carbocycles. The quantitative estimate of drug-likeness (QED) is 0.286. The molecule has 39 heavy (non-hydrogen) atoms. The molecular weight excluding hydrogens is 574 g/mol. The average Bonchev–Trinajstić information content (AvgIpc) is 3.26. The minimum absolute atomic E-state index is 0.0425. The van der Waals surface area contributed by atoms with Crippen molar-refractivity contribution >= 4 is 50.4 Å². The number of halogens is 3. The van der Waals surface area contributed by atoms with E-state index in [-0.39, 0.29) is 41.8 Å². The van der Waals surface area contributed by atoms with E-state index in [0.717, 1.165) is 16.2 Å². The molecule has 0 fully saturated rings. The third-order valence-electron chi connectivity index (χ3n) is 5.91. The Balaban J connectivity index is 1.59. The predicted octanol–water partition coefficient (Wildman–Crippen LogP) is 4.78. The molecule has 3 aromatic heterocycles. The molecule has 0 saturated carbocycles. The summed E-state index contributed by atoms with van der Waals surface area (Å²) >= 11 is 3.38. The van der Waals surface area contributed by atoms with Gasteiger partial charge in [0.2, 0.25) is 0 Å². The van der Waals surface area contributed by atoms with Crippen LogP contribution in [0.4, 0.5) is 30.9 Å². The lowest BCUT2D eigenvalue weighted by Gasteiger charge is -2.23. The van der Waals surface area contributed by atoms with Gasteiger partial charge in [-0.25, -0.2) is 18.6 Å². The summed E-state index contributed by atoms with van der Waals surface area (Å²) in [6.07, 6.45) is 0.402. The highest BCUT2D eigenvalue weighted by molar-refractivity contribution is 9.10. The molecule has 4 N–H and O–H groups in total. The molecule has 0 aliphatic rings. The van der Waals surface area contributed by atoms with Gasteiger partial charge in [0, 0.05) is 17.0 Å². The van der Waals surface area contributed by atoms with Gasteiger partial charge in [-0.15, -0.1) is 0 Å². The minimum atomic E-state index is -0.726. The van der Waals surface area contributed by atoms with Crippen molar-refractivity contribution in [1.29, 1.82) is 0 Å². The van der Waals surface area contributed by atoms with Crippen molar-refractivity contribution in [3.05, 3.63) is 93.7 Å². The standard InChI is InChI=1S/C26H21BrF2N8O2/c1-39-26(38)36(13-14-6-8-16(27)9-7-14)22-23(30)33-25(34-24(22)31)37-20-11-17(28)12-32-21(20)19(35-37)10-15-4-2-3-5-18(15)29/h2-9,11-12H,10,13H2,1H3,(H4,30,31,33,34). The van der Waals surface area contributed by atoms with Crippen LogP contribution in [-0.2, 0) is 17.7 Å². The van der Waals surface area contributed by atoms with Gasteiger partial charge in [0.1, 0.15) is 22.8 Å². The van der Waals surface area contributed by atoms with E-state index in [0.29, 0.717) is 16.8 Å². The van der Waals surface area contributed by atoms with Gasteiger partial charge < -0.3 is 16.2 Å². The summed E-state index contributed by atoms with van der Waals surface area (Å²) in [4.78, 5) is 26.7. The molecule has 1 amide bonds. The number of carbonyl (C=O) groups is 1. The molecule has 198 valence electrons. The van der Waals surface area contributed by atoms with Crippen molar-refractivity contribution in [1.82, 2.24) is 24.7 Å². The van der Waals surface area contributed by atoms with E-state index in [2.05, 4.69) is 36.0 Å². The molecule has 0 atom stereocenters. The zero-order chi connectivity index (χ0) is 27.7. The number of methoxy groups -OCH3 is 1. The highest BCUT2D eigenvalue weighted by Crippen LogP contribution is 2.32. The van der Waals surface area contributed by atoms with Crippen molar-refractivity contribution in [3.63, 3.8) is 0 Å². The molecule has 5 rings (SSSR count). The average molecular weight is 595 g/mol. The summed E-state index contributed by atoms with van der Waals surface area (Å²) in [6, 6.07) is 14.7. The number of amides is 1. The monoisotopic (exact) mass is 594 g/mol. The maximum absolute atomic E-state index is 14.3. The maximum Gasteiger partial charge on any atom is 0.414 e. The Labute approximate surface area is 229 Å². The fourth-order valence-electron chi connectivity index (χ4n) is 4.09. The van der Waals surface area contributed by atoms with Crippen LogP contribution in [0, 0.1) is 11.6 Å². The van der Waals surface area contributed by atoms with Gasteiger partial charge in [0.25, 0.3) is 5.95 Å². The van der Waals surface area contributed by atoms with Crippen molar-refractivity contribution in [2.75, 3.05) is 23.5 Å². The second-order valence-corrected chi connectivity index (χ2v) is 9.39. The van der Waals surface area contributed by atoms with Gasteiger partial charge in [-0.3, -0.25) is 4.90 Å². The molecule has 13 heteroatoms. The fraction of sp³-hybridized carbons (Fsp3) is 0.115. The van der Waals surface area contributed by atoms with Crippen LogP contribution in [0.1, 0.15) is 16.8 Å². The zero-order valence-corrected chi connectivity index (χ0v) is 22.1. The summed E-state index contributed by atoms with van der Waals surface area (Å²) in [6.45, 7) is 0.0731. The van der Waals surface area contributed by atoms with Gasteiger partial charge >= 0.3 is 6.09 Å². The molecule has 5 aromatic rings. The Morgan fingerprint density at radius 1 is 1.08 bits per heavy atom. The summed E-state index contributed by atoms with van der Waals surface area (Å²) in [5.41, 5.74) is 14.7. The van der Waals surface area contributed by atoms with Crippen LogP contribution in [-0.4, -0.2) is 37.9 Å². The smallest absolute Gasteiger partial charge is 0.414 e. The van der Waals surface area contributed by atoms with E-state index < -0.39 is 17.7 Å². The lowest BCUT2D eigenvalue weighted by molar-refractivity contribution is 0.178. The third kappa shape index (κ3) is 5.21. The van der Waals surface area contributed by atoms with Crippen LogP contribution in [0.15, 0.2) is 65.3 Å². The van der Waals surface area contributed by atoms with Crippen LogP contribution in [0.3, 0.4) is 0 Å². The molecule has 0 aliphatic heterocycles. The first-order chi connectivity index (χ1) is 18.7. The molecule has 0 radical (unpaired) electrons. The number of benzene rings is 2. The van der Waals surface area contributed by atoms with E-state index in [4.69, 9.17) is 16.2 Å². The summed E-state index contributed by atoms with van der Waals surface area (Å²) in [5.74, 6) is -1.39. The largest absolute Gasteiger partial charge is 0.452 e. The molecule has 2 aromatic carbocycles. The van der Waals surface area contributed by atoms with Crippen molar-refractivity contribution in [2.45, 2.75) is 13.0 Å². The number of fused-ring (bicyclic) bond motifs is 1. The zero-order valence-electron chi connectivity index (χ0n) is 20.5. The molecule has 3 heterocycles. The Hall–Kier alpha value is -4.65. The van der Waals surface area contributed by atoms with Gasteiger partial charge in [0.15, 0.2) is 11.6 Å². The Morgan fingerprint density at radius 3 is 2.44 bits per heavy atom. The van der Waals surface area contributed by atoms with Crippen molar-refractivity contribution in [2.24, 2.45) is 0 Å². The Bertz CT molecular complexity index is 1670. The molecule has 0 unspecified atom stereocenters. The number of pyridine rings is 1. The first-order valence-corrected chi connectivity index (χ1v) is 12.3. The van der Waals surface area contributed by atoms with Crippen LogP contribution in [0.5, 0.6) is 0 Å². The van der Waals surface area contributed by atoms with E-state index in [1.54, 1.807) is 18.2 Å². The Kier molecular flexibility index (Phi) is 7.07. The van der Waals surface area contributed by atoms with Gasteiger partial charge in [-0.1, -0.05) is 46.3 Å². The van der Waals surface area contributed by atoms with Crippen molar-refractivity contribution in [3.8, 4) is 5.95 Å². The van der Waals surface area contributed by atoms with E-state index in [1.165, 1.54) is 28.8 Å². The number of rotatable bonds is 6. The molecule has 0 bridgehead atoms. The first-order valence-electron chi connectivity index (χ1n) is 11.5. The van der Waals surface area contributed by atoms with Crippen LogP contribution < -0.4 is 16.4 Å². The summed E-state index contributed by atoms with van der Waals surface area (Å²) < 4.78 is 35.6. The maximum atomic E-state index is 14.3. The van der Waals surface area contributed by atoms with Crippen LogP contribution in [0.2, 0.25) is 0 Å². The first kappa shape index (κ1) is 26.0. The highest BCUT2D eigenvalue weighted by Gasteiger charge is 2.26. The number of hydrogen-bond acceptors (Lipinski definition) is 8. The number of anilines is 3. The number of carbonyl (C=O) groups excluding carboxylic acids is 1. The fourth-order valence-corrected chi connectivity index (χ4v) is 4.36. The number of nitrogens with two attached hydrogens (primary N) is 2. The second kappa shape index (κ2) is 10.6. The lowest BCUT2D eigenvalue weighted by atomic mass is 10.1. The van der Waals surface area contributed by atoms with Crippen LogP contribution >= 0.6 is 15.9 Å². The van der Waals surface area contributed by atoms with E-state index in [1.807, 2.05) is 24.3 Å². The number of ether oxygens (including phenoxy) is 1. The highest BCUT2D eigenvalue weighted by atomic mass is 79.9. The minimum Gasteiger partial charge on any atom is -0.452 e. The number of nitrogen functional groups attached to an aromatic ring is 2. The van der Waals surface area contributed by atoms with Gasteiger partial charge in [-0.05, 0) is 29.3 Å². The van der Waals surface area contributed by atoms with Crippen molar-refractivity contribution < 1.29 is 18.3 Å². The number of hydrogen-bond donors (Lipinski definition) is 2. The number of aromatic nitrogens is 5. The molecule has 0 saturated heterocycles. The normalized spacial score (nSPS) is 11.1. The topological polar surface area (TPSA) is 138 Å². The molecular formula is C26H21BrF2N8O2. The summed E-state index contributed by atoms with van der Waals surface area (Å²) in [7, 11) is 1.23. The molecule has 0 spiro atoms. The summed E-state index contributed by atoms with van der Waals surface area (Å²) in [5, 5.41) is 4.50. The van der Waals surface area contributed by atoms with E-state index >= 15 is 0 Å². The predicted molar refractivity (Wildman–Crippen MR) is 145 cm³/mol. The third-order valence-corrected chi connectivity index (χ3v) is 6.44. The SMILES string of the molecule is COC(=O)N(Cc1ccc(Br)cc1)c1c(N)nc(-n2nc(Cc3ccccc3F)c3ncc(F)cc32)nc1N. The number of nitrogens with zero attached hydrogens (tertiary/aromatic N) is 6. The molecule has 10 nitrogen and oxygen atoms in total.